The Bertz CT molecular complexity index is 1050. The Morgan fingerprint density at radius 1 is 1.17 bits per heavy atom. The number of aromatic nitrogens is 1. The second-order valence-corrected chi connectivity index (χ2v) is 7.36. The highest BCUT2D eigenvalue weighted by Crippen LogP contribution is 2.25. The van der Waals surface area contributed by atoms with E-state index in [4.69, 9.17) is 4.42 Å². The van der Waals surface area contributed by atoms with Crippen LogP contribution in [0.2, 0.25) is 0 Å². The molecule has 0 unspecified atom stereocenters. The van der Waals surface area contributed by atoms with Crippen LogP contribution in [0.25, 0.3) is 11.1 Å². The molecule has 0 atom stereocenters. The Labute approximate surface area is 131 Å². The monoisotopic (exact) mass is 335 g/mol. The summed E-state index contributed by atoms with van der Waals surface area (Å²) in [6.45, 7) is 1.64. The Morgan fingerprint density at radius 2 is 1.83 bits per heavy atom. The second-order valence-electron chi connectivity index (χ2n) is 5.40. The standard InChI is InChI=1S/C16H14FNO4S/c1-10-7-14-13(18(2)16(19)22-14)8-15(10)23(20,21)9-11-3-5-12(17)6-4-11/h3-8H,9H2,1-2H3. The van der Waals surface area contributed by atoms with Crippen LogP contribution in [0.5, 0.6) is 0 Å². The van der Waals surface area contributed by atoms with Crippen molar-refractivity contribution >= 4 is 20.9 Å². The zero-order valence-corrected chi connectivity index (χ0v) is 13.4. The lowest BCUT2D eigenvalue weighted by atomic mass is 10.2. The van der Waals surface area contributed by atoms with Crippen molar-refractivity contribution in [2.45, 2.75) is 17.6 Å². The minimum atomic E-state index is -3.64. The van der Waals surface area contributed by atoms with Gasteiger partial charge in [0.2, 0.25) is 0 Å². The van der Waals surface area contributed by atoms with Crippen LogP contribution in [0.3, 0.4) is 0 Å². The lowest BCUT2D eigenvalue weighted by Gasteiger charge is -2.08. The lowest BCUT2D eigenvalue weighted by molar-refractivity contribution is 0.528. The van der Waals surface area contributed by atoms with E-state index in [1.165, 1.54) is 48.0 Å². The van der Waals surface area contributed by atoms with E-state index in [2.05, 4.69) is 0 Å². The van der Waals surface area contributed by atoms with Crippen molar-refractivity contribution in [2.75, 3.05) is 0 Å². The average Bonchev–Trinajstić information content (AvgIpc) is 2.75. The number of nitrogens with zero attached hydrogens (tertiary/aromatic N) is 1. The predicted molar refractivity (Wildman–Crippen MR) is 83.5 cm³/mol. The predicted octanol–water partition coefficient (Wildman–Crippen LogP) is 2.55. The molecule has 0 aliphatic heterocycles. The lowest BCUT2D eigenvalue weighted by Crippen LogP contribution is -2.10. The molecule has 0 fully saturated rings. The number of rotatable bonds is 3. The maximum atomic E-state index is 12.9. The summed E-state index contributed by atoms with van der Waals surface area (Å²) in [5.41, 5.74) is 1.75. The van der Waals surface area contributed by atoms with Gasteiger partial charge in [-0.2, -0.15) is 0 Å². The molecule has 23 heavy (non-hydrogen) atoms. The first kappa shape index (κ1) is 15.5. The Balaban J connectivity index is 2.10. The molecular weight excluding hydrogens is 321 g/mol. The molecule has 1 heterocycles. The summed E-state index contributed by atoms with van der Waals surface area (Å²) >= 11 is 0. The first-order chi connectivity index (χ1) is 10.8. The van der Waals surface area contributed by atoms with E-state index in [0.29, 0.717) is 22.2 Å². The Hall–Kier alpha value is -2.41. The highest BCUT2D eigenvalue weighted by Gasteiger charge is 2.20. The molecule has 5 nitrogen and oxygen atoms in total. The van der Waals surface area contributed by atoms with Crippen LogP contribution in [0.4, 0.5) is 4.39 Å². The summed E-state index contributed by atoms with van der Waals surface area (Å²) in [5, 5.41) is 0. The van der Waals surface area contributed by atoms with E-state index in [-0.39, 0.29) is 10.6 Å². The van der Waals surface area contributed by atoms with Crippen molar-refractivity contribution in [1.29, 1.82) is 0 Å². The summed E-state index contributed by atoms with van der Waals surface area (Å²) in [7, 11) is -2.12. The molecule has 0 saturated heterocycles. The third kappa shape index (κ3) is 2.79. The van der Waals surface area contributed by atoms with Gasteiger partial charge in [-0.3, -0.25) is 4.57 Å². The van der Waals surface area contributed by atoms with Crippen molar-refractivity contribution in [3.8, 4) is 0 Å². The molecule has 0 saturated carbocycles. The molecule has 0 spiro atoms. The van der Waals surface area contributed by atoms with Crippen LogP contribution in [-0.4, -0.2) is 13.0 Å². The molecule has 3 aromatic rings. The topological polar surface area (TPSA) is 69.3 Å². The van der Waals surface area contributed by atoms with Gasteiger partial charge in [0.05, 0.1) is 16.2 Å². The smallest absolute Gasteiger partial charge is 0.408 e. The van der Waals surface area contributed by atoms with Crippen LogP contribution >= 0.6 is 0 Å². The number of halogens is 1. The number of fused-ring (bicyclic) bond motifs is 1. The SMILES string of the molecule is Cc1cc2oc(=O)n(C)c2cc1S(=O)(=O)Cc1ccc(F)cc1. The Morgan fingerprint density at radius 3 is 2.48 bits per heavy atom. The number of sulfone groups is 1. The van der Waals surface area contributed by atoms with Crippen LogP contribution in [0.1, 0.15) is 11.1 Å². The fourth-order valence-electron chi connectivity index (χ4n) is 2.47. The largest absolute Gasteiger partial charge is 0.419 e. The van der Waals surface area contributed by atoms with Gasteiger partial charge >= 0.3 is 5.76 Å². The molecule has 0 amide bonds. The maximum absolute atomic E-state index is 12.9. The molecule has 0 bridgehead atoms. The summed E-state index contributed by atoms with van der Waals surface area (Å²) in [5.74, 6) is -1.21. The van der Waals surface area contributed by atoms with Crippen LogP contribution in [0.15, 0.2) is 50.5 Å². The van der Waals surface area contributed by atoms with Crippen molar-refractivity contribution in [2.24, 2.45) is 7.05 Å². The summed E-state index contributed by atoms with van der Waals surface area (Å²) in [6.07, 6.45) is 0. The van der Waals surface area contributed by atoms with Gasteiger partial charge in [0.1, 0.15) is 5.82 Å². The van der Waals surface area contributed by atoms with E-state index in [1.54, 1.807) is 6.92 Å². The highest BCUT2D eigenvalue weighted by molar-refractivity contribution is 7.90. The molecule has 3 rings (SSSR count). The maximum Gasteiger partial charge on any atom is 0.419 e. The highest BCUT2D eigenvalue weighted by atomic mass is 32.2. The number of hydrogen-bond donors (Lipinski definition) is 0. The van der Waals surface area contributed by atoms with Crippen LogP contribution in [0, 0.1) is 12.7 Å². The van der Waals surface area contributed by atoms with Crippen molar-refractivity contribution < 1.29 is 17.2 Å². The molecule has 0 aliphatic carbocycles. The summed E-state index contributed by atoms with van der Waals surface area (Å²) in [6, 6.07) is 8.30. The normalized spacial score (nSPS) is 12.0. The molecule has 0 N–H and O–H groups in total. The minimum Gasteiger partial charge on any atom is -0.408 e. The van der Waals surface area contributed by atoms with Gasteiger partial charge in [-0.1, -0.05) is 12.1 Å². The van der Waals surface area contributed by atoms with E-state index in [0.717, 1.165) is 0 Å². The van der Waals surface area contributed by atoms with Crippen molar-refractivity contribution in [3.63, 3.8) is 0 Å². The molecule has 2 aromatic carbocycles. The molecule has 7 heteroatoms. The first-order valence-electron chi connectivity index (χ1n) is 6.85. The average molecular weight is 335 g/mol. The van der Waals surface area contributed by atoms with E-state index >= 15 is 0 Å². The third-order valence-electron chi connectivity index (χ3n) is 3.69. The van der Waals surface area contributed by atoms with Crippen molar-refractivity contribution in [1.82, 2.24) is 4.57 Å². The number of hydrogen-bond acceptors (Lipinski definition) is 4. The first-order valence-corrected chi connectivity index (χ1v) is 8.50. The summed E-state index contributed by atoms with van der Waals surface area (Å²) < 4.78 is 44.6. The van der Waals surface area contributed by atoms with E-state index in [1.807, 2.05) is 0 Å². The van der Waals surface area contributed by atoms with Gasteiger partial charge in [0, 0.05) is 7.05 Å². The number of benzene rings is 2. The molecule has 0 radical (unpaired) electrons. The van der Waals surface area contributed by atoms with Gasteiger partial charge in [0.25, 0.3) is 0 Å². The zero-order chi connectivity index (χ0) is 16.8. The number of aryl methyl sites for hydroxylation is 2. The molecule has 120 valence electrons. The Kier molecular flexibility index (Phi) is 3.60. The summed E-state index contributed by atoms with van der Waals surface area (Å²) in [4.78, 5) is 11.7. The molecular formula is C16H14FNO4S. The molecule has 1 aromatic heterocycles. The van der Waals surface area contributed by atoms with Gasteiger partial charge in [-0.05, 0) is 42.3 Å². The van der Waals surface area contributed by atoms with Crippen molar-refractivity contribution in [3.05, 3.63) is 63.9 Å². The van der Waals surface area contributed by atoms with Crippen LogP contribution < -0.4 is 5.76 Å². The number of oxazole rings is 1. The fourth-order valence-corrected chi connectivity index (χ4v) is 4.10. The van der Waals surface area contributed by atoms with Gasteiger partial charge < -0.3 is 4.42 Å². The van der Waals surface area contributed by atoms with Gasteiger partial charge in [0.15, 0.2) is 15.4 Å². The third-order valence-corrected chi connectivity index (χ3v) is 5.52. The quantitative estimate of drug-likeness (QED) is 0.737. The van der Waals surface area contributed by atoms with E-state index < -0.39 is 21.4 Å². The second kappa shape index (κ2) is 5.34. The van der Waals surface area contributed by atoms with E-state index in [9.17, 15) is 17.6 Å². The van der Waals surface area contributed by atoms with Crippen LogP contribution in [-0.2, 0) is 22.6 Å². The van der Waals surface area contributed by atoms with Gasteiger partial charge in [-0.25, -0.2) is 17.6 Å². The van der Waals surface area contributed by atoms with Gasteiger partial charge in [-0.15, -0.1) is 0 Å². The zero-order valence-electron chi connectivity index (χ0n) is 12.5. The minimum absolute atomic E-state index is 0.130. The molecule has 0 aliphatic rings. The fraction of sp³-hybridized carbons (Fsp3) is 0.188.